The number of hydrogen-bond acceptors (Lipinski definition) is 9. The number of halogens is 2. The van der Waals surface area contributed by atoms with Crippen LogP contribution in [0.3, 0.4) is 0 Å². The van der Waals surface area contributed by atoms with E-state index in [9.17, 15) is 19.2 Å². The molecule has 254 valence electrons. The van der Waals surface area contributed by atoms with Gasteiger partial charge in [-0.2, -0.15) is 0 Å². The number of amides is 2. The van der Waals surface area contributed by atoms with E-state index >= 15 is 0 Å². The Balaban J connectivity index is 1.94. The summed E-state index contributed by atoms with van der Waals surface area (Å²) in [4.78, 5) is 54.0. The number of esters is 2. The molecule has 0 fully saturated rings. The van der Waals surface area contributed by atoms with Crippen molar-refractivity contribution in [3.63, 3.8) is 0 Å². The third-order valence-electron chi connectivity index (χ3n) is 6.12. The monoisotopic (exact) mass is 769 g/mol. The highest BCUT2D eigenvalue weighted by Gasteiger charge is 2.29. The van der Waals surface area contributed by atoms with Gasteiger partial charge in [-0.25, -0.2) is 14.4 Å². The van der Waals surface area contributed by atoms with E-state index in [1.54, 1.807) is 72.9 Å². The predicted octanol–water partition coefficient (Wildman–Crippen LogP) is 6.98. The van der Waals surface area contributed by atoms with E-state index in [2.05, 4.69) is 42.1 Å². The number of anilines is 2. The van der Waals surface area contributed by atoms with Crippen molar-refractivity contribution in [3.8, 4) is 5.75 Å². The zero-order chi connectivity index (χ0) is 34.5. The Morgan fingerprint density at radius 1 is 0.804 bits per heavy atom. The molecular weight excluding hydrogens is 726 g/mol. The maximum Gasteiger partial charge on any atom is 0.414 e. The fourth-order valence-corrected chi connectivity index (χ4v) is 4.87. The lowest BCUT2D eigenvalue weighted by molar-refractivity contribution is -0.158. The van der Waals surface area contributed by atoms with E-state index in [0.29, 0.717) is 11.3 Å². The van der Waals surface area contributed by atoms with Crippen molar-refractivity contribution < 1.29 is 38.1 Å². The first-order valence-electron chi connectivity index (χ1n) is 14.9. The fourth-order valence-electron chi connectivity index (χ4n) is 4.02. The molecule has 11 nitrogen and oxygen atoms in total. The molecule has 0 saturated carbocycles. The van der Waals surface area contributed by atoms with Crippen molar-refractivity contribution in [3.05, 3.63) is 54.1 Å². The Kier molecular flexibility index (Phi) is 15.3. The van der Waals surface area contributed by atoms with E-state index in [0.717, 1.165) is 29.4 Å². The quantitative estimate of drug-likeness (QED) is 0.123. The fraction of sp³-hybridized carbons (Fsp3) is 0.515. The van der Waals surface area contributed by atoms with Crippen LogP contribution in [0.5, 0.6) is 5.75 Å². The molecule has 2 aromatic carbocycles. The Morgan fingerprint density at radius 2 is 1.35 bits per heavy atom. The van der Waals surface area contributed by atoms with Gasteiger partial charge in [0.05, 0.1) is 0 Å². The summed E-state index contributed by atoms with van der Waals surface area (Å²) >= 11 is 6.96. The van der Waals surface area contributed by atoms with Crippen molar-refractivity contribution in [1.29, 1.82) is 0 Å². The Bertz CT molecular complexity index is 1290. The van der Waals surface area contributed by atoms with Crippen molar-refractivity contribution in [2.45, 2.75) is 78.2 Å². The Morgan fingerprint density at radius 3 is 1.87 bits per heavy atom. The summed E-state index contributed by atoms with van der Waals surface area (Å²) in [7, 11) is 1.64. The van der Waals surface area contributed by atoms with E-state index < -0.39 is 41.4 Å². The van der Waals surface area contributed by atoms with Gasteiger partial charge < -0.3 is 29.2 Å². The van der Waals surface area contributed by atoms with Crippen LogP contribution in [0.15, 0.2) is 48.5 Å². The van der Waals surface area contributed by atoms with Crippen LogP contribution >= 0.6 is 31.9 Å². The van der Waals surface area contributed by atoms with Gasteiger partial charge in [-0.05, 0) is 89.9 Å². The summed E-state index contributed by atoms with van der Waals surface area (Å²) < 4.78 is 21.5. The number of carbonyl (C=O) groups excluding carboxylic acids is 4. The zero-order valence-corrected chi connectivity index (χ0v) is 30.7. The van der Waals surface area contributed by atoms with Gasteiger partial charge in [-0.3, -0.25) is 9.69 Å². The molecule has 0 aliphatic rings. The summed E-state index contributed by atoms with van der Waals surface area (Å²) in [6.07, 6.45) is -1.56. The average Bonchev–Trinajstić information content (AvgIpc) is 2.96. The number of hydrogen-bond donors (Lipinski definition) is 1. The number of alkyl halides is 2. The average molecular weight is 772 g/mol. The molecule has 0 bridgehead atoms. The normalized spacial score (nSPS) is 12.0. The second-order valence-corrected chi connectivity index (χ2v) is 14.0. The summed E-state index contributed by atoms with van der Waals surface area (Å²) in [5, 5.41) is 4.18. The number of ether oxygens (including phenoxy) is 4. The maximum atomic E-state index is 12.8. The summed E-state index contributed by atoms with van der Waals surface area (Å²) in [5.74, 6) is -0.999. The van der Waals surface area contributed by atoms with Gasteiger partial charge in [-0.1, -0.05) is 44.0 Å². The third kappa shape index (κ3) is 14.4. The molecule has 2 aromatic rings. The molecule has 0 aliphatic heterocycles. The molecule has 2 rings (SSSR count). The molecule has 13 heteroatoms. The van der Waals surface area contributed by atoms with Gasteiger partial charge in [0, 0.05) is 48.6 Å². The Hall–Kier alpha value is -3.32. The van der Waals surface area contributed by atoms with Gasteiger partial charge in [0.2, 0.25) is 0 Å². The first-order valence-corrected chi connectivity index (χ1v) is 17.1. The topological polar surface area (TPSA) is 124 Å². The highest BCUT2D eigenvalue weighted by molar-refractivity contribution is 9.09. The number of nitrogens with zero attached hydrogens (tertiary/aromatic N) is 2. The second-order valence-electron chi connectivity index (χ2n) is 12.4. The summed E-state index contributed by atoms with van der Waals surface area (Å²) in [6, 6.07) is 12.9. The van der Waals surface area contributed by atoms with Gasteiger partial charge in [0.25, 0.3) is 0 Å². The third-order valence-corrected chi connectivity index (χ3v) is 6.83. The second kappa shape index (κ2) is 18.1. The highest BCUT2D eigenvalue weighted by atomic mass is 79.9. The first-order chi connectivity index (χ1) is 21.5. The maximum absolute atomic E-state index is 12.8. The van der Waals surface area contributed by atoms with Crippen LogP contribution < -0.4 is 19.9 Å². The molecule has 2 amide bonds. The van der Waals surface area contributed by atoms with Gasteiger partial charge >= 0.3 is 24.1 Å². The Labute approximate surface area is 288 Å². The lowest BCUT2D eigenvalue weighted by Gasteiger charge is -2.25. The molecule has 0 spiro atoms. The van der Waals surface area contributed by atoms with Crippen molar-refractivity contribution in [2.75, 3.05) is 40.6 Å². The number of carbonyl (C=O) groups is 4. The minimum Gasteiger partial charge on any atom is -0.460 e. The van der Waals surface area contributed by atoms with E-state index in [1.807, 2.05) is 24.3 Å². The number of rotatable bonds is 14. The van der Waals surface area contributed by atoms with Crippen LogP contribution in [0, 0.1) is 0 Å². The van der Waals surface area contributed by atoms with Gasteiger partial charge in [0.1, 0.15) is 29.6 Å². The van der Waals surface area contributed by atoms with Crippen LogP contribution in [0.1, 0.15) is 59.9 Å². The van der Waals surface area contributed by atoms with Crippen LogP contribution in [-0.4, -0.2) is 72.2 Å². The first kappa shape index (κ1) is 38.9. The SMILES string of the molecule is CN(C(=O)OCc1ccc(OC(=O)N[C@@H](CCC(=O)OC(C)(C)C)C(=O)OC(C)(C)C)cc1)c1ccc(N(CCBr)CCBr)cc1. The smallest absolute Gasteiger partial charge is 0.414 e. The molecular formula is C33H45Br2N3O8. The minimum atomic E-state index is -1.13. The molecule has 0 aromatic heterocycles. The standard InChI is InChI=1S/C33H45Br2N3O8/c1-32(2,3)45-28(39)17-16-27(29(40)46-33(4,5)6)36-30(41)44-26-14-8-23(9-15-26)22-43-31(42)37(7)24-10-12-25(13-11-24)38(20-18-34)21-19-35/h8-15,27H,16-22H2,1-7H3,(H,36,41)/t27-/m0/s1. The summed E-state index contributed by atoms with van der Waals surface area (Å²) in [5.41, 5.74) is 0.944. The number of nitrogens with one attached hydrogen (secondary N) is 1. The van der Waals surface area contributed by atoms with E-state index in [4.69, 9.17) is 18.9 Å². The highest BCUT2D eigenvalue weighted by Crippen LogP contribution is 2.22. The van der Waals surface area contributed by atoms with Gasteiger partial charge in [0.15, 0.2) is 0 Å². The lowest BCUT2D eigenvalue weighted by Crippen LogP contribution is -2.45. The van der Waals surface area contributed by atoms with E-state index in [1.165, 1.54) is 4.90 Å². The minimum absolute atomic E-state index is 0.00337. The summed E-state index contributed by atoms with van der Waals surface area (Å²) in [6.45, 7) is 12.1. The van der Waals surface area contributed by atoms with Crippen molar-refractivity contribution in [2.24, 2.45) is 0 Å². The molecule has 46 heavy (non-hydrogen) atoms. The van der Waals surface area contributed by atoms with Crippen LogP contribution in [0.25, 0.3) is 0 Å². The number of benzene rings is 2. The largest absolute Gasteiger partial charge is 0.460 e. The lowest BCUT2D eigenvalue weighted by atomic mass is 10.1. The molecule has 1 atom stereocenters. The predicted molar refractivity (Wildman–Crippen MR) is 185 cm³/mol. The molecule has 0 saturated heterocycles. The molecule has 0 aliphatic carbocycles. The van der Waals surface area contributed by atoms with Crippen LogP contribution in [0.4, 0.5) is 21.0 Å². The molecule has 1 N–H and O–H groups in total. The van der Waals surface area contributed by atoms with Crippen LogP contribution in [0.2, 0.25) is 0 Å². The van der Waals surface area contributed by atoms with Crippen molar-refractivity contribution in [1.82, 2.24) is 5.32 Å². The molecule has 0 heterocycles. The zero-order valence-electron chi connectivity index (χ0n) is 27.6. The van der Waals surface area contributed by atoms with E-state index in [-0.39, 0.29) is 25.2 Å². The van der Waals surface area contributed by atoms with Crippen LogP contribution in [-0.2, 0) is 30.4 Å². The van der Waals surface area contributed by atoms with Gasteiger partial charge in [-0.15, -0.1) is 0 Å². The molecule has 0 radical (unpaired) electrons. The van der Waals surface area contributed by atoms with Crippen molar-refractivity contribution >= 4 is 67.4 Å². The molecule has 0 unspecified atom stereocenters.